The number of para-hydroxylation sites is 2. The summed E-state index contributed by atoms with van der Waals surface area (Å²) in [5.74, 6) is 0.914. The van der Waals surface area contributed by atoms with Crippen molar-refractivity contribution >= 4 is 65.3 Å². The zero-order valence-electron chi connectivity index (χ0n) is 28.0. The Kier molecular flexibility index (Phi) is 5.47. The predicted octanol–water partition coefficient (Wildman–Crippen LogP) is 12.3. The molecule has 0 spiro atoms. The lowest BCUT2D eigenvalue weighted by atomic mass is 9.99. The van der Waals surface area contributed by atoms with Gasteiger partial charge >= 0.3 is 0 Å². The van der Waals surface area contributed by atoms with E-state index in [-0.39, 0.29) is 0 Å². The van der Waals surface area contributed by atoms with Gasteiger partial charge in [0.05, 0.1) is 33.3 Å². The molecule has 0 atom stereocenters. The van der Waals surface area contributed by atoms with Crippen LogP contribution in [0.3, 0.4) is 0 Å². The lowest BCUT2D eigenvalue weighted by molar-refractivity contribution is 1.09. The molecule has 1 aliphatic rings. The van der Waals surface area contributed by atoms with Gasteiger partial charge < -0.3 is 4.57 Å². The number of aromatic nitrogens is 4. The fourth-order valence-electron chi connectivity index (χ4n) is 8.85. The third kappa shape index (κ3) is 3.70. The van der Waals surface area contributed by atoms with Gasteiger partial charge in [-0.1, -0.05) is 91.0 Å². The summed E-state index contributed by atoms with van der Waals surface area (Å²) in [4.78, 5) is 10.0. The molecule has 0 N–H and O–H groups in total. The van der Waals surface area contributed by atoms with Gasteiger partial charge in [-0.25, -0.2) is 4.98 Å². The molecule has 0 saturated carbocycles. The molecule has 0 aliphatic heterocycles. The van der Waals surface area contributed by atoms with Gasteiger partial charge in [0.25, 0.3) is 0 Å². The Bertz CT molecular complexity index is 3290. The number of pyridine rings is 2. The van der Waals surface area contributed by atoms with E-state index in [2.05, 4.69) is 178 Å². The molecule has 4 aromatic heterocycles. The quantitative estimate of drug-likeness (QED) is 0.189. The molecule has 0 amide bonds. The predicted molar refractivity (Wildman–Crippen MR) is 216 cm³/mol. The summed E-state index contributed by atoms with van der Waals surface area (Å²) in [6.07, 6.45) is 1.89. The summed E-state index contributed by atoms with van der Waals surface area (Å²) in [5.41, 5.74) is 13.8. The largest absolute Gasteiger partial charge is 0.309 e. The second kappa shape index (κ2) is 10.3. The topological polar surface area (TPSA) is 35.6 Å². The van der Waals surface area contributed by atoms with Gasteiger partial charge in [-0.3, -0.25) is 9.55 Å². The summed E-state index contributed by atoms with van der Waals surface area (Å²) >= 11 is 0. The fourth-order valence-corrected chi connectivity index (χ4v) is 8.85. The summed E-state index contributed by atoms with van der Waals surface area (Å²) in [6.45, 7) is 0. The number of nitrogens with zero attached hydrogens (tertiary/aromatic N) is 4. The molecular weight excluding hydrogens is 633 g/mol. The number of rotatable bonds is 3. The van der Waals surface area contributed by atoms with E-state index in [1.165, 1.54) is 65.4 Å². The van der Waals surface area contributed by atoms with Crippen molar-refractivity contribution in [3.63, 3.8) is 0 Å². The highest BCUT2D eigenvalue weighted by Gasteiger charge is 2.24. The zero-order chi connectivity index (χ0) is 33.9. The van der Waals surface area contributed by atoms with Crippen molar-refractivity contribution in [3.05, 3.63) is 170 Å². The standard InChI is InChI=1S/C48H28N4/c1-2-10-32(11-3-1)51-43-22-19-31(28-39(43)47-33-12-5-4-9-29(33)17-23-44(47)51)30-18-21-42-38(27-30)34-13-6-7-16-41(34)52(42)45-24-20-36-35-14-8-15-40-46(35)37(25-26-49-40)48(36)50-45/h1-28H. The van der Waals surface area contributed by atoms with Crippen LogP contribution in [0.1, 0.15) is 0 Å². The van der Waals surface area contributed by atoms with E-state index in [1.807, 2.05) is 6.20 Å². The van der Waals surface area contributed by atoms with Crippen molar-refractivity contribution in [2.75, 3.05) is 0 Å². The van der Waals surface area contributed by atoms with Gasteiger partial charge in [-0.15, -0.1) is 0 Å². The Labute approximate surface area is 298 Å². The molecule has 4 nitrogen and oxygen atoms in total. The van der Waals surface area contributed by atoms with Crippen molar-refractivity contribution in [3.8, 4) is 45.0 Å². The van der Waals surface area contributed by atoms with Crippen LogP contribution in [0.25, 0.3) is 110 Å². The maximum Gasteiger partial charge on any atom is 0.138 e. The van der Waals surface area contributed by atoms with Crippen molar-refractivity contribution in [2.45, 2.75) is 0 Å². The lowest BCUT2D eigenvalue weighted by Gasteiger charge is -2.10. The average Bonchev–Trinajstić information content (AvgIpc) is 3.84. The van der Waals surface area contributed by atoms with E-state index in [9.17, 15) is 0 Å². The number of fused-ring (bicyclic) bond motifs is 11. The Morgan fingerprint density at radius 2 is 1.13 bits per heavy atom. The van der Waals surface area contributed by atoms with Gasteiger partial charge in [-0.05, 0) is 100 Å². The highest BCUT2D eigenvalue weighted by molar-refractivity contribution is 6.22. The van der Waals surface area contributed by atoms with Gasteiger partial charge in [0, 0.05) is 49.9 Å². The molecule has 0 radical (unpaired) electrons. The Hall–Kier alpha value is -7.04. The molecule has 0 fully saturated rings. The molecule has 7 aromatic carbocycles. The molecule has 4 heterocycles. The first-order valence-electron chi connectivity index (χ1n) is 17.7. The maximum atomic E-state index is 5.36. The highest BCUT2D eigenvalue weighted by Crippen LogP contribution is 2.46. The first-order chi connectivity index (χ1) is 25.8. The average molecular weight is 661 g/mol. The maximum absolute atomic E-state index is 5.36. The summed E-state index contributed by atoms with van der Waals surface area (Å²) in [6, 6.07) is 59.3. The smallest absolute Gasteiger partial charge is 0.138 e. The number of hydrogen-bond donors (Lipinski definition) is 0. The Balaban J connectivity index is 1.07. The minimum absolute atomic E-state index is 0.914. The molecule has 1 aliphatic carbocycles. The lowest BCUT2D eigenvalue weighted by Crippen LogP contribution is -1.98. The molecule has 0 unspecified atom stereocenters. The Morgan fingerprint density at radius 1 is 0.404 bits per heavy atom. The van der Waals surface area contributed by atoms with Crippen molar-refractivity contribution in [2.24, 2.45) is 0 Å². The molecule has 4 heteroatoms. The van der Waals surface area contributed by atoms with Crippen LogP contribution >= 0.6 is 0 Å². The summed E-state index contributed by atoms with van der Waals surface area (Å²) in [7, 11) is 0. The third-order valence-electron chi connectivity index (χ3n) is 11.1. The minimum atomic E-state index is 0.914. The second-order valence-electron chi connectivity index (χ2n) is 13.8. The monoisotopic (exact) mass is 660 g/mol. The van der Waals surface area contributed by atoms with Gasteiger partial charge in [0.2, 0.25) is 0 Å². The first kappa shape index (κ1) is 27.7. The van der Waals surface area contributed by atoms with Crippen LogP contribution in [0.5, 0.6) is 0 Å². The highest BCUT2D eigenvalue weighted by atomic mass is 15.1. The molecule has 240 valence electrons. The van der Waals surface area contributed by atoms with Crippen LogP contribution in [-0.4, -0.2) is 19.1 Å². The van der Waals surface area contributed by atoms with Gasteiger partial charge in [-0.2, -0.15) is 0 Å². The molecule has 0 saturated heterocycles. The number of hydrogen-bond acceptors (Lipinski definition) is 2. The Morgan fingerprint density at radius 3 is 2.02 bits per heavy atom. The van der Waals surface area contributed by atoms with Crippen LogP contribution in [0, 0.1) is 0 Å². The molecule has 11 aromatic rings. The van der Waals surface area contributed by atoms with Crippen molar-refractivity contribution in [1.82, 2.24) is 19.1 Å². The summed E-state index contributed by atoms with van der Waals surface area (Å²) in [5, 5.41) is 8.67. The van der Waals surface area contributed by atoms with Gasteiger partial charge in [0.15, 0.2) is 0 Å². The van der Waals surface area contributed by atoms with E-state index in [0.29, 0.717) is 0 Å². The van der Waals surface area contributed by atoms with E-state index in [4.69, 9.17) is 4.98 Å². The van der Waals surface area contributed by atoms with Crippen LogP contribution in [-0.2, 0) is 0 Å². The van der Waals surface area contributed by atoms with Crippen LogP contribution in [0.2, 0.25) is 0 Å². The molecule has 52 heavy (non-hydrogen) atoms. The van der Waals surface area contributed by atoms with E-state index >= 15 is 0 Å². The van der Waals surface area contributed by atoms with Crippen LogP contribution in [0.4, 0.5) is 0 Å². The summed E-state index contributed by atoms with van der Waals surface area (Å²) < 4.78 is 4.72. The van der Waals surface area contributed by atoms with E-state index < -0.39 is 0 Å². The first-order valence-corrected chi connectivity index (χ1v) is 17.7. The van der Waals surface area contributed by atoms with Crippen LogP contribution in [0.15, 0.2) is 170 Å². The second-order valence-corrected chi connectivity index (χ2v) is 13.8. The van der Waals surface area contributed by atoms with Crippen molar-refractivity contribution < 1.29 is 0 Å². The van der Waals surface area contributed by atoms with Crippen molar-refractivity contribution in [1.29, 1.82) is 0 Å². The van der Waals surface area contributed by atoms with Crippen LogP contribution < -0.4 is 0 Å². The molecular formula is C48H28N4. The minimum Gasteiger partial charge on any atom is -0.309 e. The van der Waals surface area contributed by atoms with Gasteiger partial charge in [0.1, 0.15) is 5.82 Å². The molecule has 0 bridgehead atoms. The van der Waals surface area contributed by atoms with E-state index in [1.54, 1.807) is 0 Å². The van der Waals surface area contributed by atoms with E-state index in [0.717, 1.165) is 44.9 Å². The molecule has 12 rings (SSSR count). The zero-order valence-corrected chi connectivity index (χ0v) is 28.0. The SMILES string of the molecule is c1ccc(-n2c3ccc(-c4ccc5c(c4)c4ccccc4n5-c4ccc5c(n4)-c4ccnc6cccc-5c46)cc3c3c4ccccc4ccc32)cc1. The normalized spacial score (nSPS) is 12.2. The third-order valence-corrected chi connectivity index (χ3v) is 11.1. The fraction of sp³-hybridized carbons (Fsp3) is 0. The number of benzene rings is 7.